The predicted octanol–water partition coefficient (Wildman–Crippen LogP) is 5.41. The van der Waals surface area contributed by atoms with Gasteiger partial charge in [-0.25, -0.2) is 4.98 Å². The average molecular weight is 349 g/mol. The van der Waals surface area contributed by atoms with Crippen molar-refractivity contribution in [3.05, 3.63) is 83.4 Å². The molecule has 3 aromatic carbocycles. The summed E-state index contributed by atoms with van der Waals surface area (Å²) in [6.07, 6.45) is 0. The van der Waals surface area contributed by atoms with Crippen molar-refractivity contribution >= 4 is 22.6 Å². The minimum absolute atomic E-state index is 0.726. The van der Waals surface area contributed by atoms with Gasteiger partial charge in [-0.05, 0) is 42.0 Å². The summed E-state index contributed by atoms with van der Waals surface area (Å²) in [6, 6.07) is 24.1. The van der Waals surface area contributed by atoms with Gasteiger partial charge in [0.2, 0.25) is 0 Å². The molecule has 3 nitrogen and oxygen atoms in total. The first-order chi connectivity index (χ1) is 12.2. The van der Waals surface area contributed by atoms with Crippen molar-refractivity contribution in [1.29, 1.82) is 0 Å². The molecule has 0 fully saturated rings. The molecule has 0 radical (unpaired) electrons. The summed E-state index contributed by atoms with van der Waals surface area (Å²) in [4.78, 5) is 4.85. The summed E-state index contributed by atoms with van der Waals surface area (Å²) in [5.41, 5.74) is 4.30. The molecule has 1 heterocycles. The Kier molecular flexibility index (Phi) is 4.16. The van der Waals surface area contributed by atoms with Crippen molar-refractivity contribution in [2.45, 2.75) is 6.54 Å². The number of fused-ring (bicyclic) bond motifs is 1. The molecule has 0 bridgehead atoms. The van der Waals surface area contributed by atoms with E-state index in [1.807, 2.05) is 60.7 Å². The lowest BCUT2D eigenvalue weighted by molar-refractivity contribution is 0.415. The molecule has 0 atom stereocenters. The minimum Gasteiger partial charge on any atom is -0.497 e. The minimum atomic E-state index is 0.726. The second-order valence-electron chi connectivity index (χ2n) is 5.87. The molecule has 4 rings (SSSR count). The van der Waals surface area contributed by atoms with E-state index in [4.69, 9.17) is 21.3 Å². The highest BCUT2D eigenvalue weighted by Crippen LogP contribution is 2.28. The van der Waals surface area contributed by atoms with Gasteiger partial charge in [0, 0.05) is 17.1 Å². The van der Waals surface area contributed by atoms with E-state index < -0.39 is 0 Å². The number of imidazole rings is 1. The van der Waals surface area contributed by atoms with Crippen LogP contribution in [0.1, 0.15) is 5.56 Å². The van der Waals surface area contributed by atoms with Crippen LogP contribution in [0.5, 0.6) is 5.75 Å². The first-order valence-electron chi connectivity index (χ1n) is 8.09. The number of halogens is 1. The van der Waals surface area contributed by atoms with Crippen LogP contribution < -0.4 is 4.74 Å². The number of hydrogen-bond donors (Lipinski definition) is 0. The van der Waals surface area contributed by atoms with Crippen LogP contribution in [0, 0.1) is 0 Å². The Balaban J connectivity index is 1.87. The fourth-order valence-corrected chi connectivity index (χ4v) is 3.12. The van der Waals surface area contributed by atoms with E-state index >= 15 is 0 Å². The number of methoxy groups -OCH3 is 1. The molecule has 0 unspecified atom stereocenters. The van der Waals surface area contributed by atoms with Gasteiger partial charge in [0.05, 0.1) is 18.1 Å². The predicted molar refractivity (Wildman–Crippen MR) is 102 cm³/mol. The number of benzene rings is 3. The summed E-state index contributed by atoms with van der Waals surface area (Å²) in [5.74, 6) is 1.75. The number of rotatable bonds is 4. The zero-order chi connectivity index (χ0) is 17.2. The molecule has 0 aliphatic carbocycles. The largest absolute Gasteiger partial charge is 0.497 e. The van der Waals surface area contributed by atoms with Crippen LogP contribution in [-0.4, -0.2) is 16.7 Å². The van der Waals surface area contributed by atoms with Crippen molar-refractivity contribution in [2.75, 3.05) is 7.11 Å². The normalized spacial score (nSPS) is 11.0. The van der Waals surface area contributed by atoms with Crippen molar-refractivity contribution in [3.63, 3.8) is 0 Å². The second kappa shape index (κ2) is 6.61. The quantitative estimate of drug-likeness (QED) is 0.492. The van der Waals surface area contributed by atoms with Gasteiger partial charge in [0.15, 0.2) is 0 Å². The van der Waals surface area contributed by atoms with Crippen molar-refractivity contribution in [3.8, 4) is 17.1 Å². The molecule has 124 valence electrons. The van der Waals surface area contributed by atoms with E-state index in [0.29, 0.717) is 0 Å². The molecular formula is C21H17ClN2O. The van der Waals surface area contributed by atoms with E-state index in [9.17, 15) is 0 Å². The van der Waals surface area contributed by atoms with Crippen LogP contribution in [-0.2, 0) is 6.54 Å². The Hall–Kier alpha value is -2.78. The lowest BCUT2D eigenvalue weighted by atomic mass is 10.2. The lowest BCUT2D eigenvalue weighted by Gasteiger charge is -2.10. The number of hydrogen-bond acceptors (Lipinski definition) is 2. The highest BCUT2D eigenvalue weighted by molar-refractivity contribution is 6.30. The highest BCUT2D eigenvalue weighted by Gasteiger charge is 2.13. The van der Waals surface area contributed by atoms with Gasteiger partial charge in [-0.3, -0.25) is 0 Å². The first-order valence-corrected chi connectivity index (χ1v) is 8.46. The Morgan fingerprint density at radius 2 is 1.76 bits per heavy atom. The van der Waals surface area contributed by atoms with Crippen LogP contribution >= 0.6 is 11.6 Å². The molecule has 0 aliphatic rings. The monoisotopic (exact) mass is 348 g/mol. The van der Waals surface area contributed by atoms with Gasteiger partial charge in [0.1, 0.15) is 11.6 Å². The highest BCUT2D eigenvalue weighted by atomic mass is 35.5. The maximum atomic E-state index is 6.02. The third kappa shape index (κ3) is 3.11. The summed E-state index contributed by atoms with van der Waals surface area (Å²) in [5, 5.41) is 0.743. The zero-order valence-electron chi connectivity index (χ0n) is 13.8. The van der Waals surface area contributed by atoms with Crippen LogP contribution in [0.25, 0.3) is 22.4 Å². The van der Waals surface area contributed by atoms with Crippen molar-refractivity contribution in [2.24, 2.45) is 0 Å². The van der Waals surface area contributed by atoms with E-state index in [1.54, 1.807) is 7.11 Å². The zero-order valence-corrected chi connectivity index (χ0v) is 14.6. The lowest BCUT2D eigenvalue weighted by Crippen LogP contribution is -2.02. The van der Waals surface area contributed by atoms with Gasteiger partial charge >= 0.3 is 0 Å². The van der Waals surface area contributed by atoms with E-state index in [-0.39, 0.29) is 0 Å². The summed E-state index contributed by atoms with van der Waals surface area (Å²) in [7, 11) is 1.68. The molecule has 0 saturated carbocycles. The van der Waals surface area contributed by atoms with Gasteiger partial charge < -0.3 is 9.30 Å². The smallest absolute Gasteiger partial charge is 0.141 e. The fraction of sp³-hybridized carbons (Fsp3) is 0.0952. The van der Waals surface area contributed by atoms with E-state index in [0.717, 1.165) is 39.7 Å². The Labute approximate surface area is 151 Å². The summed E-state index contributed by atoms with van der Waals surface area (Å²) >= 11 is 6.02. The summed E-state index contributed by atoms with van der Waals surface area (Å²) in [6.45, 7) is 0.726. The first kappa shape index (κ1) is 15.7. The maximum Gasteiger partial charge on any atom is 0.141 e. The van der Waals surface area contributed by atoms with Crippen molar-refractivity contribution in [1.82, 2.24) is 9.55 Å². The average Bonchev–Trinajstić information content (AvgIpc) is 3.02. The standard InChI is InChI=1S/C21H17ClN2O/c1-25-18-6-4-5-16(13-18)21-23-19-7-2-3-8-20(19)24(21)14-15-9-11-17(22)12-10-15/h2-13H,14H2,1H3. The molecule has 0 N–H and O–H groups in total. The third-order valence-corrected chi connectivity index (χ3v) is 4.49. The Morgan fingerprint density at radius 1 is 0.960 bits per heavy atom. The molecule has 25 heavy (non-hydrogen) atoms. The summed E-state index contributed by atoms with van der Waals surface area (Å²) < 4.78 is 7.60. The SMILES string of the molecule is COc1cccc(-c2nc3ccccc3n2Cc2ccc(Cl)cc2)c1. The molecule has 0 spiro atoms. The topological polar surface area (TPSA) is 27.1 Å². The molecule has 1 aromatic heterocycles. The second-order valence-corrected chi connectivity index (χ2v) is 6.31. The number of nitrogens with zero attached hydrogens (tertiary/aromatic N) is 2. The number of para-hydroxylation sites is 2. The Bertz CT molecular complexity index is 1020. The Morgan fingerprint density at radius 3 is 2.56 bits per heavy atom. The van der Waals surface area contributed by atoms with Crippen molar-refractivity contribution < 1.29 is 4.74 Å². The van der Waals surface area contributed by atoms with Crippen LogP contribution in [0.4, 0.5) is 0 Å². The van der Waals surface area contributed by atoms with E-state index in [1.165, 1.54) is 5.56 Å². The van der Waals surface area contributed by atoms with E-state index in [2.05, 4.69) is 16.7 Å². The molecule has 4 heteroatoms. The fourth-order valence-electron chi connectivity index (χ4n) is 2.99. The van der Waals surface area contributed by atoms with Gasteiger partial charge in [-0.1, -0.05) is 48.0 Å². The number of ether oxygens (including phenoxy) is 1. The number of aromatic nitrogens is 2. The van der Waals surface area contributed by atoms with Crippen LogP contribution in [0.3, 0.4) is 0 Å². The molecular weight excluding hydrogens is 332 g/mol. The van der Waals surface area contributed by atoms with Gasteiger partial charge in [0.25, 0.3) is 0 Å². The molecule has 4 aromatic rings. The maximum absolute atomic E-state index is 6.02. The molecule has 0 saturated heterocycles. The van der Waals surface area contributed by atoms with Crippen LogP contribution in [0.2, 0.25) is 5.02 Å². The van der Waals surface area contributed by atoms with Gasteiger partial charge in [-0.2, -0.15) is 0 Å². The van der Waals surface area contributed by atoms with Crippen LogP contribution in [0.15, 0.2) is 72.8 Å². The third-order valence-electron chi connectivity index (χ3n) is 4.24. The molecule has 0 amide bonds. The molecule has 0 aliphatic heterocycles. The van der Waals surface area contributed by atoms with Gasteiger partial charge in [-0.15, -0.1) is 0 Å².